The van der Waals surface area contributed by atoms with Gasteiger partial charge in [0.25, 0.3) is 0 Å². The van der Waals surface area contributed by atoms with Crippen molar-refractivity contribution in [1.82, 2.24) is 4.90 Å². The van der Waals surface area contributed by atoms with Gasteiger partial charge in [-0.05, 0) is 45.1 Å². The number of nitrogens with zero attached hydrogens (tertiary/aromatic N) is 1. The van der Waals surface area contributed by atoms with Gasteiger partial charge in [-0.15, -0.1) is 0 Å². The first kappa shape index (κ1) is 12.3. The molecule has 1 heterocycles. The lowest BCUT2D eigenvalue weighted by atomic mass is 9.73. The van der Waals surface area contributed by atoms with Crippen LogP contribution in [0.25, 0.3) is 0 Å². The Labute approximate surface area is 99.3 Å². The summed E-state index contributed by atoms with van der Waals surface area (Å²) in [4.78, 5) is 2.59. The molecule has 0 aromatic heterocycles. The third-order valence-corrected chi connectivity index (χ3v) is 4.18. The maximum atomic E-state index is 5.98. The third kappa shape index (κ3) is 2.58. The molecule has 1 aliphatic heterocycles. The van der Waals surface area contributed by atoms with E-state index in [2.05, 4.69) is 11.8 Å². The highest BCUT2D eigenvalue weighted by Gasteiger charge is 2.43. The molecule has 1 saturated heterocycles. The maximum Gasteiger partial charge on any atom is 0.0697 e. The fraction of sp³-hybridized carbons (Fsp3) is 1.00. The zero-order valence-corrected chi connectivity index (χ0v) is 10.6. The van der Waals surface area contributed by atoms with Gasteiger partial charge in [0.05, 0.1) is 5.60 Å². The molecule has 0 radical (unpaired) electrons. The summed E-state index contributed by atoms with van der Waals surface area (Å²) in [6.45, 7) is 6.23. The summed E-state index contributed by atoms with van der Waals surface area (Å²) in [5.74, 6) is 0. The topological polar surface area (TPSA) is 38.5 Å². The summed E-state index contributed by atoms with van der Waals surface area (Å²) in [6, 6.07) is 0.720. The van der Waals surface area contributed by atoms with E-state index in [1.807, 2.05) is 0 Å². The van der Waals surface area contributed by atoms with E-state index in [4.69, 9.17) is 10.5 Å². The molecule has 16 heavy (non-hydrogen) atoms. The highest BCUT2D eigenvalue weighted by atomic mass is 16.5. The number of nitrogens with two attached hydrogens (primary N) is 1. The minimum absolute atomic E-state index is 0.267. The number of hydrogen-bond donors (Lipinski definition) is 1. The van der Waals surface area contributed by atoms with Crippen LogP contribution in [0.15, 0.2) is 0 Å². The summed E-state index contributed by atoms with van der Waals surface area (Å²) in [6.07, 6.45) is 7.59. The van der Waals surface area contributed by atoms with Crippen molar-refractivity contribution in [2.24, 2.45) is 5.73 Å². The zero-order chi connectivity index (χ0) is 11.4. The van der Waals surface area contributed by atoms with Crippen LogP contribution < -0.4 is 5.73 Å². The number of hydrogen-bond acceptors (Lipinski definition) is 3. The van der Waals surface area contributed by atoms with Gasteiger partial charge in [0.1, 0.15) is 0 Å². The second kappa shape index (κ2) is 5.48. The van der Waals surface area contributed by atoms with E-state index in [0.29, 0.717) is 0 Å². The smallest absolute Gasteiger partial charge is 0.0697 e. The van der Waals surface area contributed by atoms with E-state index >= 15 is 0 Å². The van der Waals surface area contributed by atoms with Crippen LogP contribution >= 0.6 is 0 Å². The minimum Gasteiger partial charge on any atom is -0.375 e. The summed E-state index contributed by atoms with van der Waals surface area (Å²) in [5.41, 5.74) is 5.97. The lowest BCUT2D eigenvalue weighted by molar-refractivity contribution is -0.148. The van der Waals surface area contributed by atoms with Crippen LogP contribution in [0.2, 0.25) is 0 Å². The average Bonchev–Trinajstić information content (AvgIpc) is 2.27. The van der Waals surface area contributed by atoms with E-state index in [-0.39, 0.29) is 5.60 Å². The normalized spacial score (nSPS) is 28.3. The molecule has 2 N–H and O–H groups in total. The van der Waals surface area contributed by atoms with E-state index in [1.54, 1.807) is 0 Å². The van der Waals surface area contributed by atoms with Gasteiger partial charge in [-0.2, -0.15) is 0 Å². The molecule has 0 aromatic rings. The Morgan fingerprint density at radius 2 is 2.19 bits per heavy atom. The van der Waals surface area contributed by atoms with Crippen molar-refractivity contribution in [3.8, 4) is 0 Å². The van der Waals surface area contributed by atoms with E-state index in [1.165, 1.54) is 45.1 Å². The molecule has 1 saturated carbocycles. The maximum absolute atomic E-state index is 5.98. The van der Waals surface area contributed by atoms with Crippen LogP contribution in [0.3, 0.4) is 0 Å². The van der Waals surface area contributed by atoms with E-state index < -0.39 is 0 Å². The van der Waals surface area contributed by atoms with Crippen molar-refractivity contribution in [1.29, 1.82) is 0 Å². The van der Waals surface area contributed by atoms with Crippen LogP contribution in [-0.4, -0.2) is 42.8 Å². The number of rotatable bonds is 5. The molecular weight excluding hydrogens is 200 g/mol. The summed E-state index contributed by atoms with van der Waals surface area (Å²) in [5, 5.41) is 0. The van der Waals surface area contributed by atoms with Gasteiger partial charge in [0.2, 0.25) is 0 Å². The van der Waals surface area contributed by atoms with Crippen molar-refractivity contribution >= 4 is 0 Å². The molecule has 2 aliphatic rings. The molecule has 2 fully saturated rings. The first-order valence-electron chi connectivity index (χ1n) is 6.88. The van der Waals surface area contributed by atoms with Crippen molar-refractivity contribution in [2.45, 2.75) is 57.1 Å². The molecule has 0 aromatic carbocycles. The molecular formula is C13H26N2O. The Morgan fingerprint density at radius 1 is 1.38 bits per heavy atom. The molecule has 3 heteroatoms. The van der Waals surface area contributed by atoms with Crippen molar-refractivity contribution in [3.05, 3.63) is 0 Å². The van der Waals surface area contributed by atoms with Crippen LogP contribution in [0, 0.1) is 0 Å². The molecule has 0 bridgehead atoms. The van der Waals surface area contributed by atoms with Crippen LogP contribution in [0.4, 0.5) is 0 Å². The Morgan fingerprint density at radius 3 is 2.75 bits per heavy atom. The second-order valence-corrected chi connectivity index (χ2v) is 5.36. The SMILES string of the molecule is CCCN(CCN)C1CCOC2(CCC2)C1. The van der Waals surface area contributed by atoms with Crippen LogP contribution in [-0.2, 0) is 4.74 Å². The fourth-order valence-corrected chi connectivity index (χ4v) is 3.16. The predicted octanol–water partition coefficient (Wildman–Crippen LogP) is 1.76. The van der Waals surface area contributed by atoms with Gasteiger partial charge >= 0.3 is 0 Å². The zero-order valence-electron chi connectivity index (χ0n) is 10.6. The van der Waals surface area contributed by atoms with Gasteiger partial charge in [-0.25, -0.2) is 0 Å². The summed E-state index contributed by atoms with van der Waals surface area (Å²) >= 11 is 0. The molecule has 2 rings (SSSR count). The molecule has 3 nitrogen and oxygen atoms in total. The number of ether oxygens (including phenoxy) is 1. The van der Waals surface area contributed by atoms with Crippen molar-refractivity contribution in [2.75, 3.05) is 26.2 Å². The quantitative estimate of drug-likeness (QED) is 0.776. The Balaban J connectivity index is 1.90. The van der Waals surface area contributed by atoms with E-state index in [0.717, 1.165) is 25.7 Å². The Bertz CT molecular complexity index is 210. The highest BCUT2D eigenvalue weighted by molar-refractivity contribution is 4.96. The average molecular weight is 226 g/mol. The Hall–Kier alpha value is -0.120. The fourth-order valence-electron chi connectivity index (χ4n) is 3.16. The van der Waals surface area contributed by atoms with Gasteiger partial charge in [-0.3, -0.25) is 4.90 Å². The first-order valence-corrected chi connectivity index (χ1v) is 6.88. The summed E-state index contributed by atoms with van der Waals surface area (Å²) in [7, 11) is 0. The van der Waals surface area contributed by atoms with Crippen molar-refractivity contribution < 1.29 is 4.74 Å². The second-order valence-electron chi connectivity index (χ2n) is 5.36. The van der Waals surface area contributed by atoms with Gasteiger partial charge < -0.3 is 10.5 Å². The monoisotopic (exact) mass is 226 g/mol. The standard InChI is InChI=1S/C13H26N2O/c1-2-8-15(9-7-14)12-4-10-16-13(11-12)5-3-6-13/h12H,2-11,14H2,1H3. The minimum atomic E-state index is 0.267. The molecule has 1 unspecified atom stereocenters. The third-order valence-electron chi connectivity index (χ3n) is 4.18. The molecule has 1 atom stereocenters. The largest absolute Gasteiger partial charge is 0.375 e. The van der Waals surface area contributed by atoms with Gasteiger partial charge in [-0.1, -0.05) is 6.92 Å². The van der Waals surface area contributed by atoms with Gasteiger partial charge in [0.15, 0.2) is 0 Å². The predicted molar refractivity (Wildman–Crippen MR) is 66.5 cm³/mol. The first-order chi connectivity index (χ1) is 7.79. The lowest BCUT2D eigenvalue weighted by Gasteiger charge is -2.49. The van der Waals surface area contributed by atoms with Crippen LogP contribution in [0.1, 0.15) is 45.4 Å². The van der Waals surface area contributed by atoms with Crippen molar-refractivity contribution in [3.63, 3.8) is 0 Å². The van der Waals surface area contributed by atoms with Crippen LogP contribution in [0.5, 0.6) is 0 Å². The summed E-state index contributed by atoms with van der Waals surface area (Å²) < 4.78 is 5.98. The molecule has 0 amide bonds. The molecule has 1 aliphatic carbocycles. The Kier molecular flexibility index (Phi) is 4.22. The molecule has 1 spiro atoms. The van der Waals surface area contributed by atoms with Gasteiger partial charge in [0, 0.05) is 25.7 Å². The lowest BCUT2D eigenvalue weighted by Crippen LogP contribution is -2.53. The van der Waals surface area contributed by atoms with E-state index in [9.17, 15) is 0 Å². The molecule has 94 valence electrons. The highest BCUT2D eigenvalue weighted by Crippen LogP contribution is 2.43.